The molecule has 1 aliphatic heterocycles. The van der Waals surface area contributed by atoms with Crippen LogP contribution in [0.4, 0.5) is 4.79 Å². The normalized spacial score (nSPS) is 21.0. The summed E-state index contributed by atoms with van der Waals surface area (Å²) in [6, 6.07) is 9.36. The Balaban J connectivity index is 2.11. The van der Waals surface area contributed by atoms with Crippen LogP contribution in [-0.2, 0) is 16.0 Å². The van der Waals surface area contributed by atoms with E-state index >= 15 is 0 Å². The highest BCUT2D eigenvalue weighted by Gasteiger charge is 2.40. The Labute approximate surface area is 124 Å². The zero-order valence-corrected chi connectivity index (χ0v) is 12.4. The summed E-state index contributed by atoms with van der Waals surface area (Å²) in [5, 5.41) is 9.82. The molecule has 21 heavy (non-hydrogen) atoms. The van der Waals surface area contributed by atoms with Gasteiger partial charge in [-0.3, -0.25) is 4.79 Å². The highest BCUT2D eigenvalue weighted by molar-refractivity contribution is 5.94. The van der Waals surface area contributed by atoms with Crippen LogP contribution in [0, 0.1) is 5.92 Å². The number of rotatable bonds is 5. The van der Waals surface area contributed by atoms with Crippen molar-refractivity contribution in [3.63, 3.8) is 0 Å². The van der Waals surface area contributed by atoms with Crippen LogP contribution in [0.15, 0.2) is 30.3 Å². The van der Waals surface area contributed by atoms with Crippen LogP contribution >= 0.6 is 0 Å². The number of nitrogens with zero attached hydrogens (tertiary/aromatic N) is 1. The maximum absolute atomic E-state index is 12.4. The van der Waals surface area contributed by atoms with Crippen LogP contribution in [0.1, 0.15) is 25.8 Å². The topological polar surface area (TPSA) is 66.8 Å². The van der Waals surface area contributed by atoms with Crippen LogP contribution in [0.25, 0.3) is 0 Å². The number of hydrogen-bond acceptors (Lipinski definition) is 4. The van der Waals surface area contributed by atoms with E-state index in [9.17, 15) is 14.7 Å². The number of cyclic esters (lactones) is 1. The molecule has 1 aromatic rings. The van der Waals surface area contributed by atoms with Gasteiger partial charge >= 0.3 is 6.09 Å². The lowest BCUT2D eigenvalue weighted by atomic mass is 10.1. The molecule has 2 rings (SSSR count). The Hall–Kier alpha value is -1.88. The van der Waals surface area contributed by atoms with Crippen LogP contribution in [0.3, 0.4) is 0 Å². The van der Waals surface area contributed by atoms with Crippen molar-refractivity contribution in [2.24, 2.45) is 5.92 Å². The summed E-state index contributed by atoms with van der Waals surface area (Å²) in [6.45, 7) is 3.65. The van der Waals surface area contributed by atoms with Crippen molar-refractivity contribution in [2.75, 3.05) is 6.61 Å². The monoisotopic (exact) mass is 293 g/mol. The molecule has 114 valence electrons. The number of amides is 2. The van der Waals surface area contributed by atoms with Gasteiger partial charge < -0.3 is 9.84 Å². The molecular formula is C16H21NO4. The number of ether oxygens (including phenoxy) is 1. The van der Waals surface area contributed by atoms with E-state index in [1.54, 1.807) is 13.8 Å². The largest absolute Gasteiger partial charge is 0.447 e. The van der Waals surface area contributed by atoms with Gasteiger partial charge in [0.25, 0.3) is 0 Å². The smallest absolute Gasteiger partial charge is 0.416 e. The Morgan fingerprint density at radius 1 is 1.43 bits per heavy atom. The SMILES string of the molecule is CC[13C@@H](O)[13C@H](C)C(=O)N1C(=O)OC[C@H]1Cc1ccccc1. The summed E-state index contributed by atoms with van der Waals surface area (Å²) in [6.07, 6.45) is -0.328. The Morgan fingerprint density at radius 2 is 2.10 bits per heavy atom. The first-order chi connectivity index (χ1) is 10.0. The van der Waals surface area contributed by atoms with Crippen molar-refractivity contribution in [1.82, 2.24) is 4.90 Å². The fraction of sp³-hybridized carbons (Fsp3) is 0.500. The Kier molecular flexibility index (Phi) is 4.96. The van der Waals surface area contributed by atoms with E-state index in [0.717, 1.165) is 10.5 Å². The fourth-order valence-electron chi connectivity index (χ4n) is 2.50. The summed E-state index contributed by atoms with van der Waals surface area (Å²) in [7, 11) is 0. The zero-order chi connectivity index (χ0) is 15.4. The second kappa shape index (κ2) is 6.72. The van der Waals surface area contributed by atoms with Crippen molar-refractivity contribution in [2.45, 2.75) is 38.8 Å². The minimum Gasteiger partial charge on any atom is -0.447 e. The molecule has 1 N–H and O–H groups in total. The number of benzene rings is 1. The maximum atomic E-state index is 12.4. The number of hydrogen-bond donors (Lipinski definition) is 1. The second-order valence-corrected chi connectivity index (χ2v) is 5.39. The summed E-state index contributed by atoms with van der Waals surface area (Å²) >= 11 is 0. The van der Waals surface area contributed by atoms with E-state index in [4.69, 9.17) is 4.74 Å². The summed E-state index contributed by atoms with van der Waals surface area (Å²) in [5.41, 5.74) is 1.04. The molecule has 1 fully saturated rings. The van der Waals surface area contributed by atoms with Gasteiger partial charge in [-0.1, -0.05) is 44.2 Å². The molecule has 1 saturated heterocycles. The number of imide groups is 1. The number of aliphatic hydroxyl groups excluding tert-OH is 1. The van der Waals surface area contributed by atoms with Crippen LogP contribution < -0.4 is 0 Å². The lowest BCUT2D eigenvalue weighted by molar-refractivity contribution is -0.136. The summed E-state index contributed by atoms with van der Waals surface area (Å²) < 4.78 is 5.02. The molecule has 3 atom stereocenters. The highest BCUT2D eigenvalue weighted by atomic mass is 16.6. The van der Waals surface area contributed by atoms with E-state index in [2.05, 4.69) is 0 Å². The van der Waals surface area contributed by atoms with Gasteiger partial charge in [0.05, 0.1) is 18.1 Å². The quantitative estimate of drug-likeness (QED) is 0.843. The highest BCUT2D eigenvalue weighted by Crippen LogP contribution is 2.21. The number of aliphatic hydroxyl groups is 1. The van der Waals surface area contributed by atoms with Crippen molar-refractivity contribution in [1.29, 1.82) is 0 Å². The molecule has 0 radical (unpaired) electrons. The number of carbonyl (C=O) groups is 2. The molecule has 0 aromatic heterocycles. The van der Waals surface area contributed by atoms with Crippen molar-refractivity contribution in [3.05, 3.63) is 35.9 Å². The molecule has 5 heteroatoms. The molecule has 0 bridgehead atoms. The third-order valence-corrected chi connectivity index (χ3v) is 3.90. The fourth-order valence-corrected chi connectivity index (χ4v) is 2.50. The van der Waals surface area contributed by atoms with Crippen LogP contribution in [0.2, 0.25) is 0 Å². The van der Waals surface area contributed by atoms with Gasteiger partial charge in [0.15, 0.2) is 0 Å². The maximum Gasteiger partial charge on any atom is 0.416 e. The molecule has 0 aliphatic carbocycles. The Bertz CT molecular complexity index is 502. The number of carbonyl (C=O) groups excluding carboxylic acids is 2. The average Bonchev–Trinajstić information content (AvgIpc) is 2.86. The molecule has 0 spiro atoms. The van der Waals surface area contributed by atoms with E-state index in [0.29, 0.717) is 12.8 Å². The first-order valence-electron chi connectivity index (χ1n) is 7.26. The molecule has 5 nitrogen and oxygen atoms in total. The molecule has 0 unspecified atom stereocenters. The first-order valence-corrected chi connectivity index (χ1v) is 7.26. The molecule has 2 amide bonds. The van der Waals surface area contributed by atoms with E-state index in [1.807, 2.05) is 30.3 Å². The van der Waals surface area contributed by atoms with Gasteiger partial charge in [-0.2, -0.15) is 0 Å². The third kappa shape index (κ3) is 3.42. The van der Waals surface area contributed by atoms with Crippen LogP contribution in [0.5, 0.6) is 0 Å². The van der Waals surface area contributed by atoms with Gasteiger partial charge in [0.1, 0.15) is 6.61 Å². The summed E-state index contributed by atoms with van der Waals surface area (Å²) in [4.78, 5) is 25.4. The standard InChI is InChI=1S/C16H21NO4/c1-3-14(18)11(2)15(19)17-13(10-21-16(17)20)9-12-7-5-4-6-8-12/h4-8,11,13-14,18H,3,9-10H2,1-2H3/t11-,13+,14+/m0/s1/i11+1,14+1. The molecule has 1 aromatic carbocycles. The van der Waals surface area contributed by atoms with Crippen molar-refractivity contribution in [3.8, 4) is 0 Å². The molecular weight excluding hydrogens is 272 g/mol. The van der Waals surface area contributed by atoms with Crippen molar-refractivity contribution >= 4 is 12.0 Å². The van der Waals surface area contributed by atoms with Gasteiger partial charge in [0, 0.05) is 0 Å². The predicted octanol–water partition coefficient (Wildman–Crippen LogP) is 1.98. The van der Waals surface area contributed by atoms with E-state index in [1.165, 1.54) is 0 Å². The average molecular weight is 293 g/mol. The lowest BCUT2D eigenvalue weighted by Crippen LogP contribution is -2.45. The van der Waals surface area contributed by atoms with Gasteiger partial charge in [-0.25, -0.2) is 9.69 Å². The zero-order valence-electron chi connectivity index (χ0n) is 12.4. The van der Waals surface area contributed by atoms with E-state index < -0.39 is 18.1 Å². The Morgan fingerprint density at radius 3 is 2.71 bits per heavy atom. The lowest BCUT2D eigenvalue weighted by Gasteiger charge is -2.25. The van der Waals surface area contributed by atoms with Crippen molar-refractivity contribution < 1.29 is 19.4 Å². The minimum atomic E-state index is -0.747. The van der Waals surface area contributed by atoms with Gasteiger partial charge in [-0.15, -0.1) is 0 Å². The molecule has 1 heterocycles. The molecule has 1 aliphatic rings. The predicted molar refractivity (Wildman–Crippen MR) is 77.6 cm³/mol. The van der Waals surface area contributed by atoms with Gasteiger partial charge in [-0.05, 0) is 18.4 Å². The summed E-state index contributed by atoms with van der Waals surface area (Å²) in [5.74, 6) is -0.980. The molecule has 0 saturated carbocycles. The minimum absolute atomic E-state index is 0.203. The first kappa shape index (κ1) is 15.5. The van der Waals surface area contributed by atoms with Crippen LogP contribution in [-0.4, -0.2) is 40.8 Å². The van der Waals surface area contributed by atoms with E-state index in [-0.39, 0.29) is 18.6 Å². The van der Waals surface area contributed by atoms with Gasteiger partial charge in [0.2, 0.25) is 5.91 Å². The second-order valence-electron chi connectivity index (χ2n) is 5.39. The third-order valence-electron chi connectivity index (χ3n) is 3.90.